The van der Waals surface area contributed by atoms with Gasteiger partial charge in [-0.25, -0.2) is 0 Å². The van der Waals surface area contributed by atoms with Crippen molar-refractivity contribution in [3.05, 3.63) is 45.8 Å². The molecule has 0 heterocycles. The van der Waals surface area contributed by atoms with Gasteiger partial charge in [-0.3, -0.25) is 0 Å². The molecule has 0 saturated carbocycles. The second-order valence-electron chi connectivity index (χ2n) is 3.77. The van der Waals surface area contributed by atoms with Crippen molar-refractivity contribution in [1.82, 2.24) is 0 Å². The molecule has 0 fully saturated rings. The third-order valence-electron chi connectivity index (χ3n) is 2.50. The van der Waals surface area contributed by atoms with Gasteiger partial charge in [0, 0.05) is 4.91 Å². The summed E-state index contributed by atoms with van der Waals surface area (Å²) in [6, 6.07) is 7.82. The summed E-state index contributed by atoms with van der Waals surface area (Å²) in [6.07, 6.45) is 2.74. The highest BCUT2D eigenvalue weighted by Crippen LogP contribution is 2.15. The molecule has 0 aliphatic rings. The van der Waals surface area contributed by atoms with Gasteiger partial charge in [-0.15, -0.1) is 0 Å². The molecule has 4 heteroatoms. The third-order valence-corrected chi connectivity index (χ3v) is 2.50. The fraction of sp³-hybridized carbons (Fsp3) is 0.500. The Balaban J connectivity index is 2.59. The topological polar surface area (TPSA) is 69.0 Å². The fourth-order valence-electron chi connectivity index (χ4n) is 1.51. The quantitative estimate of drug-likeness (QED) is 0.444. The highest BCUT2D eigenvalue weighted by Gasteiger charge is 2.05. The van der Waals surface area contributed by atoms with E-state index in [-0.39, 0.29) is 6.54 Å². The number of aryl methyl sites for hydroxylation is 1. The van der Waals surface area contributed by atoms with E-state index in [4.69, 9.17) is 5.53 Å². The second kappa shape index (κ2) is 6.88. The summed E-state index contributed by atoms with van der Waals surface area (Å²) in [6.45, 7) is 2.25. The summed E-state index contributed by atoms with van der Waals surface area (Å²) in [5, 5.41) is 13.0. The van der Waals surface area contributed by atoms with Crippen molar-refractivity contribution in [1.29, 1.82) is 0 Å². The van der Waals surface area contributed by atoms with Gasteiger partial charge < -0.3 is 5.11 Å². The van der Waals surface area contributed by atoms with Crippen molar-refractivity contribution in [2.45, 2.75) is 32.3 Å². The van der Waals surface area contributed by atoms with E-state index < -0.39 is 6.10 Å². The van der Waals surface area contributed by atoms with E-state index in [9.17, 15) is 5.11 Å². The molecule has 1 aromatic carbocycles. The minimum Gasteiger partial charge on any atom is -0.388 e. The lowest BCUT2D eigenvalue weighted by Gasteiger charge is -2.08. The molecule has 4 nitrogen and oxygen atoms in total. The third kappa shape index (κ3) is 3.93. The molecule has 1 N–H and O–H groups in total. The first-order chi connectivity index (χ1) is 7.77. The van der Waals surface area contributed by atoms with Crippen LogP contribution in [0.4, 0.5) is 0 Å². The molecule has 0 spiro atoms. The number of rotatable bonds is 6. The van der Waals surface area contributed by atoms with Crippen LogP contribution >= 0.6 is 0 Å². The number of hydrogen-bond donors (Lipinski definition) is 1. The van der Waals surface area contributed by atoms with E-state index in [1.165, 1.54) is 18.4 Å². The number of nitrogens with zero attached hydrogens (tertiary/aromatic N) is 3. The first-order valence-electron chi connectivity index (χ1n) is 5.55. The van der Waals surface area contributed by atoms with Crippen LogP contribution < -0.4 is 0 Å². The molecule has 0 bridgehead atoms. The maximum Gasteiger partial charge on any atom is 0.0846 e. The Morgan fingerprint density at radius 3 is 2.62 bits per heavy atom. The smallest absolute Gasteiger partial charge is 0.0846 e. The number of aliphatic hydroxyl groups is 1. The van der Waals surface area contributed by atoms with E-state index in [0.717, 1.165) is 12.0 Å². The molecule has 0 amide bonds. The zero-order chi connectivity index (χ0) is 11.8. The fourth-order valence-corrected chi connectivity index (χ4v) is 1.51. The van der Waals surface area contributed by atoms with Crippen molar-refractivity contribution in [2.75, 3.05) is 6.54 Å². The van der Waals surface area contributed by atoms with Crippen molar-refractivity contribution in [2.24, 2.45) is 5.11 Å². The van der Waals surface area contributed by atoms with E-state index in [0.29, 0.717) is 0 Å². The lowest BCUT2D eigenvalue weighted by Crippen LogP contribution is -2.00. The van der Waals surface area contributed by atoms with Crippen molar-refractivity contribution in [3.8, 4) is 0 Å². The molecule has 0 unspecified atom stereocenters. The van der Waals surface area contributed by atoms with E-state index in [1.54, 1.807) is 0 Å². The van der Waals surface area contributed by atoms with Gasteiger partial charge >= 0.3 is 0 Å². The largest absolute Gasteiger partial charge is 0.388 e. The zero-order valence-electron chi connectivity index (χ0n) is 9.50. The van der Waals surface area contributed by atoms with Gasteiger partial charge in [0.2, 0.25) is 0 Å². The molecule has 0 aromatic heterocycles. The van der Waals surface area contributed by atoms with E-state index in [1.807, 2.05) is 24.3 Å². The number of unbranched alkanes of at least 4 members (excludes halogenated alkanes) is 1. The molecular weight excluding hydrogens is 202 g/mol. The summed E-state index contributed by atoms with van der Waals surface area (Å²) >= 11 is 0. The first kappa shape index (κ1) is 12.6. The minimum absolute atomic E-state index is 0.0881. The van der Waals surface area contributed by atoms with Gasteiger partial charge in [-0.05, 0) is 29.5 Å². The maximum absolute atomic E-state index is 9.65. The Morgan fingerprint density at radius 1 is 1.38 bits per heavy atom. The monoisotopic (exact) mass is 219 g/mol. The van der Waals surface area contributed by atoms with Gasteiger partial charge in [0.15, 0.2) is 0 Å². The molecule has 0 radical (unpaired) electrons. The SMILES string of the molecule is CCCCc1ccc([C@@H](O)CN=[N+]=[N-])cc1. The number of aliphatic hydroxyl groups excluding tert-OH is 1. The highest BCUT2D eigenvalue weighted by molar-refractivity contribution is 5.24. The molecule has 86 valence electrons. The van der Waals surface area contributed by atoms with Gasteiger partial charge in [0.1, 0.15) is 0 Å². The van der Waals surface area contributed by atoms with Crippen LogP contribution in [0.2, 0.25) is 0 Å². The standard InChI is InChI=1S/C12H17N3O/c1-2-3-4-10-5-7-11(8-6-10)12(16)9-14-15-13/h5-8,12,16H,2-4,9H2,1H3/t12-/m0/s1. The molecule has 0 aliphatic heterocycles. The van der Waals surface area contributed by atoms with E-state index in [2.05, 4.69) is 16.9 Å². The molecule has 1 atom stereocenters. The van der Waals surface area contributed by atoms with Crippen LogP contribution in [0.5, 0.6) is 0 Å². The summed E-state index contributed by atoms with van der Waals surface area (Å²) in [4.78, 5) is 2.62. The zero-order valence-corrected chi connectivity index (χ0v) is 9.50. The molecule has 0 aliphatic carbocycles. The molecular formula is C12H17N3O. The van der Waals surface area contributed by atoms with Gasteiger partial charge in [-0.1, -0.05) is 42.7 Å². The lowest BCUT2D eigenvalue weighted by atomic mass is 10.0. The van der Waals surface area contributed by atoms with Crippen LogP contribution in [0.25, 0.3) is 10.4 Å². The maximum atomic E-state index is 9.65. The summed E-state index contributed by atoms with van der Waals surface area (Å²) in [5.41, 5.74) is 10.2. The van der Waals surface area contributed by atoms with Crippen LogP contribution in [0.15, 0.2) is 29.4 Å². The molecule has 0 saturated heterocycles. The van der Waals surface area contributed by atoms with Gasteiger partial charge in [-0.2, -0.15) is 0 Å². The average Bonchev–Trinajstić information content (AvgIpc) is 2.34. The van der Waals surface area contributed by atoms with Crippen LogP contribution in [-0.2, 0) is 6.42 Å². The predicted octanol–water partition coefficient (Wildman–Crippen LogP) is 3.37. The van der Waals surface area contributed by atoms with Crippen LogP contribution in [-0.4, -0.2) is 11.7 Å². The Kier molecular flexibility index (Phi) is 5.40. The molecule has 1 rings (SSSR count). The summed E-state index contributed by atoms with van der Waals surface area (Å²) in [7, 11) is 0. The lowest BCUT2D eigenvalue weighted by molar-refractivity contribution is 0.187. The van der Waals surface area contributed by atoms with Crippen LogP contribution in [0.1, 0.15) is 37.0 Å². The Morgan fingerprint density at radius 2 is 2.06 bits per heavy atom. The van der Waals surface area contributed by atoms with Crippen molar-refractivity contribution >= 4 is 0 Å². The average molecular weight is 219 g/mol. The van der Waals surface area contributed by atoms with Crippen LogP contribution in [0.3, 0.4) is 0 Å². The van der Waals surface area contributed by atoms with Gasteiger partial charge in [0.25, 0.3) is 0 Å². The number of hydrogen-bond acceptors (Lipinski definition) is 2. The van der Waals surface area contributed by atoms with Gasteiger partial charge in [0.05, 0.1) is 12.6 Å². The van der Waals surface area contributed by atoms with Crippen LogP contribution in [0, 0.1) is 0 Å². The normalized spacial score (nSPS) is 11.9. The Bertz CT molecular complexity index is 355. The molecule has 1 aromatic rings. The van der Waals surface area contributed by atoms with Crippen molar-refractivity contribution < 1.29 is 5.11 Å². The van der Waals surface area contributed by atoms with Crippen molar-refractivity contribution in [3.63, 3.8) is 0 Å². The number of azide groups is 1. The Labute approximate surface area is 95.5 Å². The highest BCUT2D eigenvalue weighted by atomic mass is 16.3. The Hall–Kier alpha value is -1.51. The second-order valence-corrected chi connectivity index (χ2v) is 3.77. The summed E-state index contributed by atoms with van der Waals surface area (Å²) < 4.78 is 0. The summed E-state index contributed by atoms with van der Waals surface area (Å²) in [5.74, 6) is 0. The number of benzene rings is 1. The molecule has 16 heavy (non-hydrogen) atoms. The predicted molar refractivity (Wildman–Crippen MR) is 64.0 cm³/mol. The van der Waals surface area contributed by atoms with E-state index >= 15 is 0 Å². The minimum atomic E-state index is -0.698. The first-order valence-corrected chi connectivity index (χ1v) is 5.55.